The van der Waals surface area contributed by atoms with Gasteiger partial charge in [-0.1, -0.05) is 34.1 Å². The zero-order valence-electron chi connectivity index (χ0n) is 12.1. The molecule has 4 heteroatoms. The van der Waals surface area contributed by atoms with Gasteiger partial charge in [0, 0.05) is 16.2 Å². The third-order valence-electron chi connectivity index (χ3n) is 3.15. The maximum absolute atomic E-state index is 11.5. The zero-order valence-corrected chi connectivity index (χ0v) is 13.7. The summed E-state index contributed by atoms with van der Waals surface area (Å²) in [5, 5.41) is 3.40. The van der Waals surface area contributed by atoms with Gasteiger partial charge in [0.05, 0.1) is 12.7 Å². The fourth-order valence-corrected chi connectivity index (χ4v) is 2.43. The van der Waals surface area contributed by atoms with Crippen molar-refractivity contribution in [3.63, 3.8) is 0 Å². The number of carbonyl (C=O) groups excluding carboxylic acids is 1. The van der Waals surface area contributed by atoms with Crippen LogP contribution in [0.3, 0.4) is 0 Å². The largest absolute Gasteiger partial charge is 0.465 e. The maximum atomic E-state index is 11.5. The molecule has 21 heavy (non-hydrogen) atoms. The van der Waals surface area contributed by atoms with Crippen molar-refractivity contribution >= 4 is 27.6 Å². The molecule has 1 unspecified atom stereocenters. The van der Waals surface area contributed by atoms with Gasteiger partial charge in [-0.3, -0.25) is 0 Å². The minimum atomic E-state index is -0.320. The number of ether oxygens (including phenoxy) is 1. The second kappa shape index (κ2) is 7.27. The van der Waals surface area contributed by atoms with Gasteiger partial charge in [-0.05, 0) is 49.2 Å². The lowest BCUT2D eigenvalue weighted by Gasteiger charge is -2.16. The number of methoxy groups -OCH3 is 1. The van der Waals surface area contributed by atoms with Crippen LogP contribution in [0.25, 0.3) is 0 Å². The lowest BCUT2D eigenvalue weighted by molar-refractivity contribution is 0.0601. The summed E-state index contributed by atoms with van der Waals surface area (Å²) < 4.78 is 5.81. The highest BCUT2D eigenvalue weighted by Crippen LogP contribution is 2.16. The molecule has 2 aromatic rings. The number of benzene rings is 2. The number of esters is 1. The fourth-order valence-electron chi connectivity index (χ4n) is 2.16. The van der Waals surface area contributed by atoms with E-state index in [9.17, 15) is 4.79 Å². The Bertz CT molecular complexity index is 610. The number of rotatable bonds is 5. The minimum Gasteiger partial charge on any atom is -0.465 e. The van der Waals surface area contributed by atoms with Crippen LogP contribution in [0, 0.1) is 0 Å². The van der Waals surface area contributed by atoms with Crippen LogP contribution in [0.4, 0.5) is 5.69 Å². The number of hydrogen-bond acceptors (Lipinski definition) is 3. The molecule has 0 fully saturated rings. The van der Waals surface area contributed by atoms with Crippen molar-refractivity contribution in [3.05, 3.63) is 64.1 Å². The van der Waals surface area contributed by atoms with E-state index >= 15 is 0 Å². The average Bonchev–Trinajstić information content (AvgIpc) is 2.49. The summed E-state index contributed by atoms with van der Waals surface area (Å²) >= 11 is 3.43. The predicted molar refractivity (Wildman–Crippen MR) is 88.7 cm³/mol. The first-order valence-corrected chi connectivity index (χ1v) is 7.57. The molecule has 0 radical (unpaired) electrons. The number of hydrogen-bond donors (Lipinski definition) is 1. The fraction of sp³-hybridized carbons (Fsp3) is 0.235. The molecule has 110 valence electrons. The van der Waals surface area contributed by atoms with E-state index < -0.39 is 0 Å². The summed E-state index contributed by atoms with van der Waals surface area (Å²) in [6.07, 6.45) is 0.912. The van der Waals surface area contributed by atoms with Crippen molar-refractivity contribution < 1.29 is 9.53 Å². The molecule has 0 heterocycles. The monoisotopic (exact) mass is 347 g/mol. The molecule has 0 aliphatic rings. The maximum Gasteiger partial charge on any atom is 0.337 e. The Hall–Kier alpha value is -1.81. The summed E-state index contributed by atoms with van der Waals surface area (Å²) in [5.74, 6) is -0.320. The summed E-state index contributed by atoms with van der Waals surface area (Å²) in [6.45, 7) is 2.12. The van der Waals surface area contributed by atoms with E-state index in [4.69, 9.17) is 4.74 Å². The van der Waals surface area contributed by atoms with Gasteiger partial charge in [0.1, 0.15) is 0 Å². The van der Waals surface area contributed by atoms with Crippen LogP contribution in [0.1, 0.15) is 22.8 Å². The second-order valence-corrected chi connectivity index (χ2v) is 5.86. The van der Waals surface area contributed by atoms with E-state index in [1.54, 1.807) is 6.07 Å². The lowest BCUT2D eigenvalue weighted by Crippen LogP contribution is -2.18. The van der Waals surface area contributed by atoms with E-state index in [2.05, 4.69) is 40.3 Å². The molecule has 2 rings (SSSR count). The molecule has 2 aromatic carbocycles. The van der Waals surface area contributed by atoms with Crippen molar-refractivity contribution in [1.82, 2.24) is 0 Å². The molecule has 3 nitrogen and oxygen atoms in total. The van der Waals surface area contributed by atoms with Gasteiger partial charge in [-0.25, -0.2) is 4.79 Å². The second-order valence-electron chi connectivity index (χ2n) is 4.95. The molecule has 0 saturated heterocycles. The lowest BCUT2D eigenvalue weighted by atomic mass is 10.1. The third kappa shape index (κ3) is 4.60. The first kappa shape index (κ1) is 15.6. The van der Waals surface area contributed by atoms with Crippen LogP contribution in [-0.4, -0.2) is 19.1 Å². The van der Waals surface area contributed by atoms with Crippen LogP contribution in [-0.2, 0) is 11.2 Å². The molecule has 1 atom stereocenters. The van der Waals surface area contributed by atoms with Crippen LogP contribution in [0.5, 0.6) is 0 Å². The van der Waals surface area contributed by atoms with Crippen LogP contribution in [0.2, 0.25) is 0 Å². The standard InChI is InChI=1S/C17H18BrNO2/c1-12(10-13-6-8-15(18)9-7-13)19-16-5-3-4-14(11-16)17(20)21-2/h3-9,11-12,19H,10H2,1-2H3. The summed E-state index contributed by atoms with van der Waals surface area (Å²) in [4.78, 5) is 11.5. The Kier molecular flexibility index (Phi) is 5.39. The van der Waals surface area contributed by atoms with Crippen molar-refractivity contribution in [3.8, 4) is 0 Å². The van der Waals surface area contributed by atoms with Gasteiger partial charge < -0.3 is 10.1 Å². The topological polar surface area (TPSA) is 38.3 Å². The first-order valence-electron chi connectivity index (χ1n) is 6.78. The van der Waals surface area contributed by atoms with E-state index in [0.717, 1.165) is 16.6 Å². The molecule has 0 aromatic heterocycles. The smallest absolute Gasteiger partial charge is 0.337 e. The molecular weight excluding hydrogens is 330 g/mol. The number of carbonyl (C=O) groups is 1. The van der Waals surface area contributed by atoms with E-state index in [0.29, 0.717) is 5.56 Å². The van der Waals surface area contributed by atoms with E-state index in [1.165, 1.54) is 12.7 Å². The van der Waals surface area contributed by atoms with Gasteiger partial charge in [0.15, 0.2) is 0 Å². The SMILES string of the molecule is COC(=O)c1cccc(NC(C)Cc2ccc(Br)cc2)c1. The van der Waals surface area contributed by atoms with Crippen LogP contribution < -0.4 is 5.32 Å². The Labute approximate surface area is 133 Å². The van der Waals surface area contributed by atoms with Gasteiger partial charge in [-0.15, -0.1) is 0 Å². The molecule has 0 bridgehead atoms. The van der Waals surface area contributed by atoms with Crippen molar-refractivity contribution in [2.45, 2.75) is 19.4 Å². The number of halogens is 1. The van der Waals surface area contributed by atoms with Crippen molar-refractivity contribution in [1.29, 1.82) is 0 Å². The Morgan fingerprint density at radius 2 is 1.95 bits per heavy atom. The highest BCUT2D eigenvalue weighted by atomic mass is 79.9. The summed E-state index contributed by atoms with van der Waals surface area (Å²) in [7, 11) is 1.39. The van der Waals surface area contributed by atoms with Gasteiger partial charge >= 0.3 is 5.97 Å². The van der Waals surface area contributed by atoms with Gasteiger partial charge in [0.25, 0.3) is 0 Å². The predicted octanol–water partition coefficient (Wildman–Crippen LogP) is 4.28. The van der Waals surface area contributed by atoms with Crippen LogP contribution >= 0.6 is 15.9 Å². The van der Waals surface area contributed by atoms with Crippen LogP contribution in [0.15, 0.2) is 53.0 Å². The average molecular weight is 348 g/mol. The molecule has 0 saturated carbocycles. The Balaban J connectivity index is 2.00. The summed E-state index contributed by atoms with van der Waals surface area (Å²) in [5.41, 5.74) is 2.74. The highest BCUT2D eigenvalue weighted by molar-refractivity contribution is 9.10. The van der Waals surface area contributed by atoms with Gasteiger partial charge in [0.2, 0.25) is 0 Å². The highest BCUT2D eigenvalue weighted by Gasteiger charge is 2.08. The normalized spacial score (nSPS) is 11.8. The first-order chi connectivity index (χ1) is 10.1. The van der Waals surface area contributed by atoms with Crippen molar-refractivity contribution in [2.24, 2.45) is 0 Å². The molecule has 0 amide bonds. The molecule has 0 aliphatic heterocycles. The van der Waals surface area contributed by atoms with Crippen molar-refractivity contribution in [2.75, 3.05) is 12.4 Å². The number of nitrogens with one attached hydrogen (secondary N) is 1. The van der Waals surface area contributed by atoms with E-state index in [1.807, 2.05) is 30.3 Å². The minimum absolute atomic E-state index is 0.263. The van der Waals surface area contributed by atoms with E-state index in [-0.39, 0.29) is 12.0 Å². The molecule has 1 N–H and O–H groups in total. The Morgan fingerprint density at radius 3 is 2.62 bits per heavy atom. The number of anilines is 1. The summed E-state index contributed by atoms with van der Waals surface area (Å²) in [6, 6.07) is 15.9. The van der Waals surface area contributed by atoms with Gasteiger partial charge in [-0.2, -0.15) is 0 Å². The quantitative estimate of drug-likeness (QED) is 0.820. The third-order valence-corrected chi connectivity index (χ3v) is 3.68. The molecule has 0 aliphatic carbocycles. The Morgan fingerprint density at radius 1 is 1.24 bits per heavy atom. The molecule has 0 spiro atoms. The zero-order chi connectivity index (χ0) is 15.2. The molecular formula is C17H18BrNO2.